The van der Waals surface area contributed by atoms with Gasteiger partial charge in [0.2, 0.25) is 5.88 Å². The van der Waals surface area contributed by atoms with Crippen LogP contribution in [0.5, 0.6) is 23.1 Å². The highest BCUT2D eigenvalue weighted by molar-refractivity contribution is 5.95. The first-order valence-corrected chi connectivity index (χ1v) is 10.3. The van der Waals surface area contributed by atoms with E-state index in [0.717, 1.165) is 37.9 Å². The van der Waals surface area contributed by atoms with Crippen LogP contribution in [0.15, 0.2) is 60.8 Å². The number of primary amides is 1. The van der Waals surface area contributed by atoms with E-state index in [1.165, 1.54) is 12.1 Å². The Balaban J connectivity index is 1.45. The molecule has 1 aromatic heterocycles. The Morgan fingerprint density at radius 3 is 2.55 bits per heavy atom. The highest BCUT2D eigenvalue weighted by Crippen LogP contribution is 2.28. The highest BCUT2D eigenvalue weighted by Gasteiger charge is 2.17. The summed E-state index contributed by atoms with van der Waals surface area (Å²) < 4.78 is 24.7. The zero-order valence-electron chi connectivity index (χ0n) is 17.0. The number of carbonyl (C=O) groups excluding carboxylic acids is 1. The van der Waals surface area contributed by atoms with Crippen molar-refractivity contribution in [2.45, 2.75) is 19.3 Å². The van der Waals surface area contributed by atoms with Crippen molar-refractivity contribution in [3.8, 4) is 23.1 Å². The van der Waals surface area contributed by atoms with Crippen molar-refractivity contribution in [3.05, 3.63) is 77.7 Å². The number of rotatable bonds is 7. The molecule has 3 aromatic rings. The van der Waals surface area contributed by atoms with Crippen LogP contribution in [-0.4, -0.2) is 24.0 Å². The number of nitrogens with one attached hydrogen (secondary N) is 1. The normalized spacial score (nSPS) is 16.0. The summed E-state index contributed by atoms with van der Waals surface area (Å²) in [7, 11) is 0. The number of halogens is 1. The Bertz CT molecular complexity index is 1050. The van der Waals surface area contributed by atoms with Crippen LogP contribution in [0, 0.1) is 11.7 Å². The predicted octanol–water partition coefficient (Wildman–Crippen LogP) is 4.45. The van der Waals surface area contributed by atoms with Crippen molar-refractivity contribution in [2.24, 2.45) is 11.7 Å². The number of benzene rings is 2. The Kier molecular flexibility index (Phi) is 6.43. The van der Waals surface area contributed by atoms with Crippen LogP contribution in [0.1, 0.15) is 28.8 Å². The Labute approximate surface area is 180 Å². The van der Waals surface area contributed by atoms with Crippen molar-refractivity contribution in [1.29, 1.82) is 0 Å². The van der Waals surface area contributed by atoms with Crippen LogP contribution >= 0.6 is 0 Å². The third kappa shape index (κ3) is 5.58. The summed E-state index contributed by atoms with van der Waals surface area (Å²) >= 11 is 0. The fourth-order valence-electron chi connectivity index (χ4n) is 3.65. The number of pyridine rings is 1. The number of hydrogen-bond acceptors (Lipinski definition) is 5. The number of amides is 1. The van der Waals surface area contributed by atoms with Gasteiger partial charge in [-0.2, -0.15) is 0 Å². The number of piperidine rings is 1. The molecule has 0 saturated carbocycles. The maximum absolute atomic E-state index is 13.3. The Hall–Kier alpha value is -3.45. The van der Waals surface area contributed by atoms with Gasteiger partial charge in [-0.15, -0.1) is 0 Å². The lowest BCUT2D eigenvalue weighted by atomic mass is 9.92. The van der Waals surface area contributed by atoms with Crippen molar-refractivity contribution in [1.82, 2.24) is 10.3 Å². The average molecular weight is 421 g/mol. The van der Waals surface area contributed by atoms with E-state index in [1.807, 2.05) is 0 Å². The zero-order chi connectivity index (χ0) is 21.6. The monoisotopic (exact) mass is 421 g/mol. The number of ether oxygens (including phenoxy) is 2. The fourth-order valence-corrected chi connectivity index (χ4v) is 3.65. The van der Waals surface area contributed by atoms with Crippen LogP contribution in [0.2, 0.25) is 0 Å². The molecule has 31 heavy (non-hydrogen) atoms. The molecule has 1 aliphatic rings. The van der Waals surface area contributed by atoms with Gasteiger partial charge >= 0.3 is 0 Å². The second-order valence-electron chi connectivity index (χ2n) is 7.61. The molecule has 6 nitrogen and oxygen atoms in total. The smallest absolute Gasteiger partial charge is 0.254 e. The van der Waals surface area contributed by atoms with E-state index in [0.29, 0.717) is 23.2 Å². The molecule has 0 radical (unpaired) electrons. The fraction of sp³-hybridized carbons (Fsp3) is 0.250. The van der Waals surface area contributed by atoms with Gasteiger partial charge in [0.25, 0.3) is 5.91 Å². The standard InChI is InChI=1S/C24H24FN3O3/c25-18-4-1-5-21(13-18)30-19-6-8-20(9-7-19)31-24-22(23(26)29)12-17(15-28-24)11-16-3-2-10-27-14-16/h1,4-9,12-13,15-16,27H,2-3,10-11,14H2,(H2,26,29). The second kappa shape index (κ2) is 9.57. The van der Waals surface area contributed by atoms with E-state index in [2.05, 4.69) is 10.3 Å². The van der Waals surface area contributed by atoms with E-state index >= 15 is 0 Å². The highest BCUT2D eigenvalue weighted by atomic mass is 19.1. The van der Waals surface area contributed by atoms with E-state index in [9.17, 15) is 9.18 Å². The van der Waals surface area contributed by atoms with Gasteiger partial charge in [-0.05, 0) is 86.3 Å². The van der Waals surface area contributed by atoms with Gasteiger partial charge < -0.3 is 20.5 Å². The molecule has 3 N–H and O–H groups in total. The Morgan fingerprint density at radius 2 is 1.87 bits per heavy atom. The number of aromatic nitrogens is 1. The Morgan fingerprint density at radius 1 is 1.10 bits per heavy atom. The lowest BCUT2D eigenvalue weighted by molar-refractivity contribution is 0.0997. The molecule has 2 heterocycles. The topological polar surface area (TPSA) is 86.5 Å². The number of nitrogens with zero attached hydrogens (tertiary/aromatic N) is 1. The quantitative estimate of drug-likeness (QED) is 0.589. The van der Waals surface area contributed by atoms with Crippen LogP contribution in [-0.2, 0) is 6.42 Å². The third-order valence-corrected chi connectivity index (χ3v) is 5.17. The molecule has 4 rings (SSSR count). The largest absolute Gasteiger partial charge is 0.457 e. The number of nitrogens with two attached hydrogens (primary N) is 1. The summed E-state index contributed by atoms with van der Waals surface area (Å²) in [6.45, 7) is 2.02. The molecule has 160 valence electrons. The molecule has 7 heteroatoms. The minimum absolute atomic E-state index is 0.164. The summed E-state index contributed by atoms with van der Waals surface area (Å²) in [5.41, 5.74) is 6.79. The molecule has 0 bridgehead atoms. The predicted molar refractivity (Wildman–Crippen MR) is 115 cm³/mol. The van der Waals surface area contributed by atoms with E-state index < -0.39 is 5.91 Å². The SMILES string of the molecule is NC(=O)c1cc(CC2CCCNC2)cnc1Oc1ccc(Oc2cccc(F)c2)cc1. The van der Waals surface area contributed by atoms with Gasteiger partial charge in [0.05, 0.1) is 0 Å². The molecule has 1 atom stereocenters. The molecular weight excluding hydrogens is 397 g/mol. The first kappa shape index (κ1) is 20.8. The summed E-state index contributed by atoms with van der Waals surface area (Å²) in [6, 6.07) is 14.4. The third-order valence-electron chi connectivity index (χ3n) is 5.17. The lowest BCUT2D eigenvalue weighted by Crippen LogP contribution is -2.30. The first-order chi connectivity index (χ1) is 15.1. The molecule has 1 amide bonds. The maximum atomic E-state index is 13.3. The van der Waals surface area contributed by atoms with Gasteiger partial charge in [0, 0.05) is 12.3 Å². The van der Waals surface area contributed by atoms with Crippen molar-refractivity contribution in [2.75, 3.05) is 13.1 Å². The van der Waals surface area contributed by atoms with Crippen LogP contribution in [0.25, 0.3) is 0 Å². The first-order valence-electron chi connectivity index (χ1n) is 10.3. The summed E-state index contributed by atoms with van der Waals surface area (Å²) in [5, 5.41) is 3.39. The minimum Gasteiger partial charge on any atom is -0.457 e. The molecule has 1 fully saturated rings. The van der Waals surface area contributed by atoms with Gasteiger partial charge in [-0.25, -0.2) is 9.37 Å². The molecule has 1 aliphatic heterocycles. The van der Waals surface area contributed by atoms with E-state index in [4.69, 9.17) is 15.2 Å². The van der Waals surface area contributed by atoms with Crippen LogP contribution < -0.4 is 20.5 Å². The van der Waals surface area contributed by atoms with Crippen molar-refractivity contribution < 1.29 is 18.7 Å². The van der Waals surface area contributed by atoms with Gasteiger partial charge in [0.1, 0.15) is 28.6 Å². The molecule has 1 unspecified atom stereocenters. The van der Waals surface area contributed by atoms with Gasteiger partial charge in [-0.1, -0.05) is 6.07 Å². The zero-order valence-corrected chi connectivity index (χ0v) is 17.0. The van der Waals surface area contributed by atoms with E-state index in [1.54, 1.807) is 48.7 Å². The minimum atomic E-state index is -0.586. The van der Waals surface area contributed by atoms with Crippen molar-refractivity contribution in [3.63, 3.8) is 0 Å². The van der Waals surface area contributed by atoms with E-state index in [-0.39, 0.29) is 17.3 Å². The molecule has 0 spiro atoms. The molecule has 0 aliphatic carbocycles. The van der Waals surface area contributed by atoms with Crippen molar-refractivity contribution >= 4 is 5.91 Å². The maximum Gasteiger partial charge on any atom is 0.254 e. The average Bonchev–Trinajstić information content (AvgIpc) is 2.77. The second-order valence-corrected chi connectivity index (χ2v) is 7.61. The number of carbonyl (C=O) groups is 1. The summed E-state index contributed by atoms with van der Waals surface area (Å²) in [5.74, 6) is 1.13. The molecular formula is C24H24FN3O3. The molecule has 2 aromatic carbocycles. The van der Waals surface area contributed by atoms with Gasteiger partial charge in [-0.3, -0.25) is 4.79 Å². The van der Waals surface area contributed by atoms with Gasteiger partial charge in [0.15, 0.2) is 0 Å². The summed E-state index contributed by atoms with van der Waals surface area (Å²) in [6.07, 6.45) is 4.88. The lowest BCUT2D eigenvalue weighted by Gasteiger charge is -2.22. The van der Waals surface area contributed by atoms with Crippen LogP contribution in [0.3, 0.4) is 0 Å². The van der Waals surface area contributed by atoms with Crippen LogP contribution in [0.4, 0.5) is 4.39 Å². The molecule has 1 saturated heterocycles. The summed E-state index contributed by atoms with van der Waals surface area (Å²) in [4.78, 5) is 16.3. The number of hydrogen-bond donors (Lipinski definition) is 2.